The Kier molecular flexibility index (Phi) is 9.56. The number of carbonyl (C=O) groups is 1. The topological polar surface area (TPSA) is 65.5 Å². The molecule has 2 rings (SSSR count). The van der Waals surface area contributed by atoms with E-state index in [2.05, 4.69) is 27.0 Å². The molecule has 0 heterocycles. The Balaban J connectivity index is 0.00000312. The third-order valence-corrected chi connectivity index (χ3v) is 4.42. The molecular weight excluding hydrogens is 451 g/mol. The number of benzene rings is 1. The molecule has 5 nitrogen and oxygen atoms in total. The van der Waals surface area contributed by atoms with E-state index >= 15 is 0 Å². The Hall–Kier alpha value is -1.02. The first-order valence-corrected chi connectivity index (χ1v) is 9.02. The van der Waals surface area contributed by atoms with Crippen LogP contribution in [0.3, 0.4) is 0 Å². The zero-order valence-electron chi connectivity index (χ0n) is 14.9. The Labute approximate surface area is 172 Å². The average Bonchev–Trinajstić information content (AvgIpc) is 3.36. The second-order valence-electron chi connectivity index (χ2n) is 6.19. The van der Waals surface area contributed by atoms with E-state index in [9.17, 15) is 4.79 Å². The summed E-state index contributed by atoms with van der Waals surface area (Å²) in [5, 5.41) is 10.2. The van der Waals surface area contributed by atoms with E-state index in [-0.39, 0.29) is 41.8 Å². The molecule has 0 aliphatic heterocycles. The molecule has 0 unspecified atom stereocenters. The largest absolute Gasteiger partial charge is 0.357 e. The minimum absolute atomic E-state index is 0. The standard InChI is InChI=1S/C18H27ClN4O.HI/c1-3-10-21-16(24)12-22-17(20-4-2)23-13-18(8-9-18)14-6-5-7-15(19)11-14;/h5-7,11H,3-4,8-10,12-13H2,1-2H3,(H,21,24)(H2,20,22,23);1H. The number of rotatable bonds is 8. The predicted octanol–water partition coefficient (Wildman–Crippen LogP) is 3.07. The van der Waals surface area contributed by atoms with Gasteiger partial charge in [0.15, 0.2) is 5.96 Å². The molecule has 140 valence electrons. The fourth-order valence-electron chi connectivity index (χ4n) is 2.60. The third kappa shape index (κ3) is 7.01. The van der Waals surface area contributed by atoms with Crippen LogP contribution in [0.4, 0.5) is 0 Å². The van der Waals surface area contributed by atoms with E-state index < -0.39 is 0 Å². The highest BCUT2D eigenvalue weighted by Gasteiger charge is 2.44. The highest BCUT2D eigenvalue weighted by atomic mass is 127. The van der Waals surface area contributed by atoms with E-state index in [1.165, 1.54) is 5.56 Å². The highest BCUT2D eigenvalue weighted by Crippen LogP contribution is 2.48. The quantitative estimate of drug-likeness (QED) is 0.306. The molecule has 0 saturated heterocycles. The molecule has 1 amide bonds. The van der Waals surface area contributed by atoms with Gasteiger partial charge in [-0.1, -0.05) is 30.7 Å². The number of guanidine groups is 1. The SMILES string of the molecule is CCCNC(=O)CN=C(NCC)NCC1(c2cccc(Cl)c2)CC1.I. The molecule has 1 saturated carbocycles. The van der Waals surface area contributed by atoms with Crippen molar-refractivity contribution in [1.29, 1.82) is 0 Å². The second kappa shape index (κ2) is 10.9. The summed E-state index contributed by atoms with van der Waals surface area (Å²) in [4.78, 5) is 16.1. The number of halogens is 2. The van der Waals surface area contributed by atoms with Crippen molar-refractivity contribution in [2.75, 3.05) is 26.2 Å². The number of nitrogens with zero attached hydrogens (tertiary/aromatic N) is 1. The first-order chi connectivity index (χ1) is 11.6. The van der Waals surface area contributed by atoms with Gasteiger partial charge in [0.05, 0.1) is 0 Å². The molecular formula is C18H28ClIN4O. The van der Waals surface area contributed by atoms with Crippen molar-refractivity contribution in [2.24, 2.45) is 4.99 Å². The molecule has 25 heavy (non-hydrogen) atoms. The van der Waals surface area contributed by atoms with Crippen LogP contribution < -0.4 is 16.0 Å². The van der Waals surface area contributed by atoms with Gasteiger partial charge in [-0.25, -0.2) is 4.99 Å². The lowest BCUT2D eigenvalue weighted by atomic mass is 9.96. The summed E-state index contributed by atoms with van der Waals surface area (Å²) in [5.41, 5.74) is 1.39. The summed E-state index contributed by atoms with van der Waals surface area (Å²) in [5.74, 6) is 0.627. The highest BCUT2D eigenvalue weighted by molar-refractivity contribution is 14.0. The van der Waals surface area contributed by atoms with Crippen LogP contribution in [0.15, 0.2) is 29.3 Å². The van der Waals surface area contributed by atoms with Gasteiger partial charge in [0.25, 0.3) is 0 Å². The molecule has 1 aromatic rings. The summed E-state index contributed by atoms with van der Waals surface area (Å²) < 4.78 is 0. The molecule has 0 spiro atoms. The van der Waals surface area contributed by atoms with E-state index in [4.69, 9.17) is 11.6 Å². The third-order valence-electron chi connectivity index (χ3n) is 4.18. The smallest absolute Gasteiger partial charge is 0.241 e. The molecule has 0 radical (unpaired) electrons. The first kappa shape index (κ1) is 22.0. The van der Waals surface area contributed by atoms with E-state index in [1.54, 1.807) is 0 Å². The lowest BCUT2D eigenvalue weighted by molar-refractivity contribution is -0.119. The summed E-state index contributed by atoms with van der Waals surface area (Å²) in [6.45, 7) is 6.41. The van der Waals surface area contributed by atoms with Gasteiger partial charge < -0.3 is 16.0 Å². The van der Waals surface area contributed by atoms with Crippen LogP contribution in [0.2, 0.25) is 5.02 Å². The molecule has 0 atom stereocenters. The van der Waals surface area contributed by atoms with Gasteiger partial charge in [-0.05, 0) is 43.9 Å². The Morgan fingerprint density at radius 1 is 1.24 bits per heavy atom. The number of hydrogen-bond acceptors (Lipinski definition) is 2. The number of carbonyl (C=O) groups excluding carboxylic acids is 1. The van der Waals surface area contributed by atoms with Gasteiger partial charge in [-0.2, -0.15) is 0 Å². The molecule has 7 heteroatoms. The molecule has 1 aromatic carbocycles. The average molecular weight is 479 g/mol. The fourth-order valence-corrected chi connectivity index (χ4v) is 2.79. The zero-order valence-corrected chi connectivity index (χ0v) is 18.0. The van der Waals surface area contributed by atoms with E-state index in [0.29, 0.717) is 12.5 Å². The Morgan fingerprint density at radius 2 is 2.00 bits per heavy atom. The molecule has 0 aromatic heterocycles. The van der Waals surface area contributed by atoms with E-state index in [1.807, 2.05) is 32.0 Å². The number of aliphatic imine (C=N–C) groups is 1. The summed E-state index contributed by atoms with van der Waals surface area (Å²) in [6, 6.07) is 8.06. The van der Waals surface area contributed by atoms with Crippen LogP contribution in [-0.2, 0) is 10.2 Å². The van der Waals surface area contributed by atoms with Crippen molar-refractivity contribution < 1.29 is 4.79 Å². The van der Waals surface area contributed by atoms with Crippen LogP contribution in [0.5, 0.6) is 0 Å². The van der Waals surface area contributed by atoms with Crippen LogP contribution in [0, 0.1) is 0 Å². The molecule has 0 bridgehead atoms. The Bertz CT molecular complexity index is 590. The minimum atomic E-state index is -0.0509. The molecule has 3 N–H and O–H groups in total. The van der Waals surface area contributed by atoms with Crippen molar-refractivity contribution in [3.63, 3.8) is 0 Å². The maximum absolute atomic E-state index is 11.7. The van der Waals surface area contributed by atoms with Gasteiger partial charge in [0, 0.05) is 30.1 Å². The van der Waals surface area contributed by atoms with Gasteiger partial charge in [0.2, 0.25) is 5.91 Å². The molecule has 1 aliphatic carbocycles. The second-order valence-corrected chi connectivity index (χ2v) is 6.63. The van der Waals surface area contributed by atoms with Crippen LogP contribution >= 0.6 is 35.6 Å². The predicted molar refractivity (Wildman–Crippen MR) is 115 cm³/mol. The van der Waals surface area contributed by atoms with Gasteiger partial charge >= 0.3 is 0 Å². The van der Waals surface area contributed by atoms with Crippen molar-refractivity contribution in [2.45, 2.75) is 38.5 Å². The Morgan fingerprint density at radius 3 is 2.60 bits per heavy atom. The van der Waals surface area contributed by atoms with Crippen LogP contribution in [-0.4, -0.2) is 38.0 Å². The van der Waals surface area contributed by atoms with Crippen LogP contribution in [0.25, 0.3) is 0 Å². The van der Waals surface area contributed by atoms with Gasteiger partial charge in [0.1, 0.15) is 6.54 Å². The lowest BCUT2D eigenvalue weighted by Crippen LogP contribution is -2.42. The maximum atomic E-state index is 11.7. The molecule has 1 aliphatic rings. The number of nitrogens with one attached hydrogen (secondary N) is 3. The van der Waals surface area contributed by atoms with E-state index in [0.717, 1.165) is 37.4 Å². The van der Waals surface area contributed by atoms with Crippen molar-refractivity contribution in [3.8, 4) is 0 Å². The normalized spacial score (nSPS) is 15.1. The van der Waals surface area contributed by atoms with Gasteiger partial charge in [-0.3, -0.25) is 4.79 Å². The van der Waals surface area contributed by atoms with Crippen molar-refractivity contribution >= 4 is 47.4 Å². The van der Waals surface area contributed by atoms with Crippen molar-refractivity contribution in [3.05, 3.63) is 34.9 Å². The van der Waals surface area contributed by atoms with Crippen molar-refractivity contribution in [1.82, 2.24) is 16.0 Å². The zero-order chi connectivity index (χ0) is 17.4. The van der Waals surface area contributed by atoms with Gasteiger partial charge in [-0.15, -0.1) is 24.0 Å². The number of hydrogen-bond donors (Lipinski definition) is 3. The summed E-state index contributed by atoms with van der Waals surface area (Å²) >= 11 is 6.12. The number of amides is 1. The fraction of sp³-hybridized carbons (Fsp3) is 0.556. The maximum Gasteiger partial charge on any atom is 0.241 e. The monoisotopic (exact) mass is 478 g/mol. The molecule has 1 fully saturated rings. The summed E-state index contributed by atoms with van der Waals surface area (Å²) in [6.07, 6.45) is 3.20. The first-order valence-electron chi connectivity index (χ1n) is 8.64. The minimum Gasteiger partial charge on any atom is -0.357 e. The van der Waals surface area contributed by atoms with Crippen LogP contribution in [0.1, 0.15) is 38.7 Å². The summed E-state index contributed by atoms with van der Waals surface area (Å²) in [7, 11) is 0. The lowest BCUT2D eigenvalue weighted by Gasteiger charge is -2.19.